The lowest BCUT2D eigenvalue weighted by atomic mass is 9.98. The molecule has 0 saturated heterocycles. The van der Waals surface area contributed by atoms with Crippen LogP contribution in [-0.4, -0.2) is 29.8 Å². The van der Waals surface area contributed by atoms with Crippen LogP contribution in [0.4, 0.5) is 0 Å². The van der Waals surface area contributed by atoms with Gasteiger partial charge in [-0.3, -0.25) is 0 Å². The molecule has 1 aromatic carbocycles. The molecule has 0 saturated carbocycles. The average molecular weight is 233 g/mol. The van der Waals surface area contributed by atoms with Crippen molar-refractivity contribution in [3.63, 3.8) is 0 Å². The van der Waals surface area contributed by atoms with Gasteiger partial charge in [0.1, 0.15) is 0 Å². The Labute approximate surface area is 101 Å². The van der Waals surface area contributed by atoms with Gasteiger partial charge >= 0.3 is 0 Å². The first-order valence-electron chi connectivity index (χ1n) is 5.81. The number of hydrogen-bond acceptors (Lipinski definition) is 3. The highest BCUT2D eigenvalue weighted by atomic mass is 16.3. The van der Waals surface area contributed by atoms with E-state index in [0.29, 0.717) is 0 Å². The zero-order chi connectivity index (χ0) is 12.4. The minimum atomic E-state index is -0.585. The highest BCUT2D eigenvalue weighted by Crippen LogP contribution is 2.29. The molecule has 0 aliphatic carbocycles. The van der Waals surface area contributed by atoms with Gasteiger partial charge in [-0.15, -0.1) is 0 Å². The molecule has 92 valence electrons. The number of fused-ring (bicyclic) bond motifs is 1. The van der Waals surface area contributed by atoms with Crippen LogP contribution in [0, 0.1) is 6.92 Å². The number of H-pyrrole nitrogens is 1. The van der Waals surface area contributed by atoms with E-state index in [0.717, 1.165) is 22.2 Å². The highest BCUT2D eigenvalue weighted by Gasteiger charge is 2.23. The summed E-state index contributed by atoms with van der Waals surface area (Å²) in [5.74, 6) is 0. The van der Waals surface area contributed by atoms with Gasteiger partial charge in [0.15, 0.2) is 0 Å². The molecule has 1 heterocycles. The van der Waals surface area contributed by atoms with Crippen molar-refractivity contribution < 1.29 is 5.11 Å². The number of benzene rings is 1. The molecule has 0 amide bonds. The Morgan fingerprint density at radius 1 is 1.41 bits per heavy atom. The van der Waals surface area contributed by atoms with Crippen LogP contribution in [0.15, 0.2) is 24.3 Å². The number of aromatic amines is 1. The summed E-state index contributed by atoms with van der Waals surface area (Å²) in [6, 6.07) is 7.95. The monoisotopic (exact) mass is 233 g/mol. The summed E-state index contributed by atoms with van der Waals surface area (Å²) in [6.07, 6.45) is -0.585. The molecule has 2 unspecified atom stereocenters. The van der Waals surface area contributed by atoms with Gasteiger partial charge < -0.3 is 21.1 Å². The van der Waals surface area contributed by atoms with Gasteiger partial charge in [-0.1, -0.05) is 18.2 Å². The van der Waals surface area contributed by atoms with Crippen molar-refractivity contribution >= 4 is 10.9 Å². The van der Waals surface area contributed by atoms with Crippen LogP contribution in [0.25, 0.3) is 10.9 Å². The number of aryl methyl sites for hydroxylation is 1. The van der Waals surface area contributed by atoms with E-state index in [-0.39, 0.29) is 12.6 Å². The van der Waals surface area contributed by atoms with Crippen LogP contribution in [0.3, 0.4) is 0 Å². The third-order valence-corrected chi connectivity index (χ3v) is 3.19. The van der Waals surface area contributed by atoms with E-state index in [2.05, 4.69) is 16.4 Å². The van der Waals surface area contributed by atoms with Crippen LogP contribution in [0.2, 0.25) is 0 Å². The molecule has 0 fully saturated rings. The summed E-state index contributed by atoms with van der Waals surface area (Å²) in [4.78, 5) is 3.33. The molecule has 5 N–H and O–H groups in total. The maximum absolute atomic E-state index is 9.97. The van der Waals surface area contributed by atoms with Crippen LogP contribution in [0.1, 0.15) is 17.3 Å². The van der Waals surface area contributed by atoms with Crippen molar-refractivity contribution in [3.8, 4) is 0 Å². The minimum absolute atomic E-state index is 0.142. The molecule has 0 bridgehead atoms. The number of hydrogen-bond donors (Lipinski definition) is 4. The van der Waals surface area contributed by atoms with Gasteiger partial charge in [0.2, 0.25) is 0 Å². The van der Waals surface area contributed by atoms with E-state index in [9.17, 15) is 5.11 Å². The van der Waals surface area contributed by atoms with E-state index in [1.807, 2.05) is 32.2 Å². The molecule has 2 aromatic rings. The first-order valence-corrected chi connectivity index (χ1v) is 5.81. The van der Waals surface area contributed by atoms with Crippen molar-refractivity contribution in [1.82, 2.24) is 10.3 Å². The van der Waals surface area contributed by atoms with Gasteiger partial charge in [-0.25, -0.2) is 0 Å². The highest BCUT2D eigenvalue weighted by molar-refractivity contribution is 5.85. The van der Waals surface area contributed by atoms with Crippen molar-refractivity contribution in [2.45, 2.75) is 19.1 Å². The fourth-order valence-corrected chi connectivity index (χ4v) is 2.36. The first kappa shape index (κ1) is 12.1. The largest absolute Gasteiger partial charge is 0.390 e. The second-order valence-corrected chi connectivity index (χ2v) is 4.28. The van der Waals surface area contributed by atoms with Gasteiger partial charge in [0.25, 0.3) is 0 Å². The minimum Gasteiger partial charge on any atom is -0.390 e. The molecule has 0 spiro atoms. The predicted molar refractivity (Wildman–Crippen MR) is 69.9 cm³/mol. The van der Waals surface area contributed by atoms with Crippen LogP contribution in [0.5, 0.6) is 0 Å². The molecule has 0 aliphatic rings. The topological polar surface area (TPSA) is 74.1 Å². The molecule has 1 aromatic heterocycles. The Balaban J connectivity index is 2.56. The molecule has 0 aliphatic heterocycles. The average Bonchev–Trinajstić information content (AvgIpc) is 2.67. The van der Waals surface area contributed by atoms with Gasteiger partial charge in [-0.05, 0) is 25.6 Å². The first-order chi connectivity index (χ1) is 8.19. The number of likely N-dealkylation sites (N-methyl/N-ethyl adjacent to an activating group) is 1. The smallest absolute Gasteiger partial charge is 0.0857 e. The summed E-state index contributed by atoms with van der Waals surface area (Å²) >= 11 is 0. The summed E-state index contributed by atoms with van der Waals surface area (Å²) in [5.41, 5.74) is 8.80. The number of nitrogens with two attached hydrogens (primary N) is 1. The van der Waals surface area contributed by atoms with Crippen LogP contribution < -0.4 is 11.1 Å². The van der Waals surface area contributed by atoms with Crippen molar-refractivity contribution in [2.75, 3.05) is 13.6 Å². The molecule has 2 atom stereocenters. The number of para-hydroxylation sites is 1. The Morgan fingerprint density at radius 3 is 2.76 bits per heavy atom. The van der Waals surface area contributed by atoms with E-state index in [1.54, 1.807) is 0 Å². The lowest BCUT2D eigenvalue weighted by Crippen LogP contribution is -2.35. The number of aromatic nitrogens is 1. The third kappa shape index (κ3) is 2.07. The summed E-state index contributed by atoms with van der Waals surface area (Å²) < 4.78 is 0. The lowest BCUT2D eigenvalue weighted by Gasteiger charge is -2.22. The second-order valence-electron chi connectivity index (χ2n) is 4.28. The third-order valence-electron chi connectivity index (χ3n) is 3.19. The SMILES string of the molecule is CNC(c1c(C)[nH]c2ccccc12)C(O)CN. The quantitative estimate of drug-likeness (QED) is 0.638. The second kappa shape index (κ2) is 4.87. The maximum Gasteiger partial charge on any atom is 0.0857 e. The van der Waals surface area contributed by atoms with Gasteiger partial charge in [0, 0.05) is 23.1 Å². The molecule has 4 heteroatoms. The zero-order valence-corrected chi connectivity index (χ0v) is 10.2. The molecule has 17 heavy (non-hydrogen) atoms. The van der Waals surface area contributed by atoms with Crippen LogP contribution in [-0.2, 0) is 0 Å². The molecule has 4 nitrogen and oxygen atoms in total. The Hall–Kier alpha value is -1.36. The molecular formula is C13H19N3O. The van der Waals surface area contributed by atoms with Gasteiger partial charge in [-0.2, -0.15) is 0 Å². The standard InChI is InChI=1S/C13H19N3O/c1-8-12(13(15-2)11(17)7-14)9-5-3-4-6-10(9)16-8/h3-6,11,13,15-17H,7,14H2,1-2H3. The van der Waals surface area contributed by atoms with Crippen LogP contribution >= 0.6 is 0 Å². The van der Waals surface area contributed by atoms with E-state index < -0.39 is 6.10 Å². The van der Waals surface area contributed by atoms with Crippen molar-refractivity contribution in [2.24, 2.45) is 5.73 Å². The Bertz CT molecular complexity index is 506. The Morgan fingerprint density at radius 2 is 2.12 bits per heavy atom. The predicted octanol–water partition coefficient (Wildman–Crippen LogP) is 1.06. The summed E-state index contributed by atoms with van der Waals surface area (Å²) in [6.45, 7) is 2.26. The lowest BCUT2D eigenvalue weighted by molar-refractivity contribution is 0.139. The fraction of sp³-hybridized carbons (Fsp3) is 0.385. The number of nitrogens with one attached hydrogen (secondary N) is 2. The van der Waals surface area contributed by atoms with Crippen molar-refractivity contribution in [3.05, 3.63) is 35.5 Å². The molecule has 2 rings (SSSR count). The van der Waals surface area contributed by atoms with Gasteiger partial charge in [0.05, 0.1) is 12.1 Å². The molecule has 0 radical (unpaired) electrons. The number of rotatable bonds is 4. The van der Waals surface area contributed by atoms with Crippen molar-refractivity contribution in [1.29, 1.82) is 0 Å². The maximum atomic E-state index is 9.97. The molecular weight excluding hydrogens is 214 g/mol. The fourth-order valence-electron chi connectivity index (χ4n) is 2.36. The normalized spacial score (nSPS) is 15.1. The zero-order valence-electron chi connectivity index (χ0n) is 10.2. The summed E-state index contributed by atoms with van der Waals surface area (Å²) in [7, 11) is 1.84. The number of aliphatic hydroxyl groups is 1. The van der Waals surface area contributed by atoms with E-state index in [1.165, 1.54) is 0 Å². The van der Waals surface area contributed by atoms with E-state index >= 15 is 0 Å². The Kier molecular flexibility index (Phi) is 3.47. The number of aliphatic hydroxyl groups excluding tert-OH is 1. The summed E-state index contributed by atoms with van der Waals surface area (Å²) in [5, 5.41) is 14.2. The van der Waals surface area contributed by atoms with E-state index in [4.69, 9.17) is 5.73 Å².